The molecule has 2 heterocycles. The van der Waals surface area contributed by atoms with Gasteiger partial charge < -0.3 is 14.9 Å². The Morgan fingerprint density at radius 2 is 2.16 bits per heavy atom. The molecule has 2 atom stereocenters. The summed E-state index contributed by atoms with van der Waals surface area (Å²) < 4.78 is 32.5. The van der Waals surface area contributed by atoms with Gasteiger partial charge >= 0.3 is 5.69 Å². The molecule has 0 radical (unpaired) electrons. The summed E-state index contributed by atoms with van der Waals surface area (Å²) in [7, 11) is 1.00. The average Bonchev–Trinajstić information content (AvgIpc) is 2.67. The van der Waals surface area contributed by atoms with Crippen LogP contribution in [0.1, 0.15) is 12.6 Å². The van der Waals surface area contributed by atoms with Gasteiger partial charge in [-0.15, -0.1) is 0 Å². The van der Waals surface area contributed by atoms with Crippen LogP contribution >= 0.6 is 0 Å². The standard InChI is InChI=1S/C9H10F2N2O4.CH4O/c10-9(11)3-5(4-14)17-7(9)13-2-1-6(15)12-8(13)16;1-2/h1-2,5,7,14H,3-4H2,(H,12,15,16);2H,1H3. The van der Waals surface area contributed by atoms with Crippen molar-refractivity contribution >= 4 is 0 Å². The fourth-order valence-electron chi connectivity index (χ4n) is 1.72. The van der Waals surface area contributed by atoms with Gasteiger partial charge in [0.1, 0.15) is 0 Å². The van der Waals surface area contributed by atoms with E-state index < -0.39 is 42.5 Å². The Kier molecular flexibility index (Phi) is 4.92. The smallest absolute Gasteiger partial charge is 0.330 e. The van der Waals surface area contributed by atoms with Gasteiger partial charge in [0.25, 0.3) is 11.5 Å². The Morgan fingerprint density at radius 3 is 2.63 bits per heavy atom. The highest BCUT2D eigenvalue weighted by Crippen LogP contribution is 2.41. The summed E-state index contributed by atoms with van der Waals surface area (Å²) in [5, 5.41) is 15.8. The normalized spacial score (nSPS) is 24.7. The third-order valence-electron chi connectivity index (χ3n) is 2.49. The van der Waals surface area contributed by atoms with Crippen LogP contribution < -0.4 is 11.2 Å². The predicted molar refractivity (Wildman–Crippen MR) is 60.0 cm³/mol. The first-order valence-corrected chi connectivity index (χ1v) is 5.34. The molecule has 1 aliphatic rings. The largest absolute Gasteiger partial charge is 0.400 e. The van der Waals surface area contributed by atoms with Crippen molar-refractivity contribution in [1.29, 1.82) is 0 Å². The van der Waals surface area contributed by atoms with Gasteiger partial charge in [-0.2, -0.15) is 0 Å². The number of alkyl halides is 2. The predicted octanol–water partition coefficient (Wildman–Crippen LogP) is -0.940. The van der Waals surface area contributed by atoms with Crippen LogP contribution in [0.5, 0.6) is 0 Å². The first kappa shape index (κ1) is 15.5. The van der Waals surface area contributed by atoms with Crippen LogP contribution in [0.2, 0.25) is 0 Å². The molecule has 9 heteroatoms. The van der Waals surface area contributed by atoms with E-state index >= 15 is 0 Å². The van der Waals surface area contributed by atoms with Crippen molar-refractivity contribution in [2.24, 2.45) is 0 Å². The second-order valence-electron chi connectivity index (χ2n) is 3.78. The molecule has 7 nitrogen and oxygen atoms in total. The molecule has 2 rings (SSSR count). The van der Waals surface area contributed by atoms with Gasteiger partial charge in [-0.05, 0) is 0 Å². The molecule has 0 bridgehead atoms. The second kappa shape index (κ2) is 6.04. The molecule has 108 valence electrons. The summed E-state index contributed by atoms with van der Waals surface area (Å²) in [6, 6.07) is 0.952. The first-order chi connectivity index (χ1) is 8.94. The Bertz CT molecular complexity index is 527. The van der Waals surface area contributed by atoms with Crippen molar-refractivity contribution in [3.05, 3.63) is 33.1 Å². The molecule has 1 aromatic heterocycles. The highest BCUT2D eigenvalue weighted by Gasteiger charge is 2.51. The minimum Gasteiger partial charge on any atom is -0.400 e. The molecule has 0 amide bonds. The molecule has 0 saturated carbocycles. The first-order valence-electron chi connectivity index (χ1n) is 5.34. The number of hydrogen-bond donors (Lipinski definition) is 3. The van der Waals surface area contributed by atoms with Gasteiger partial charge in [0.2, 0.25) is 6.23 Å². The van der Waals surface area contributed by atoms with Crippen LogP contribution in [0.4, 0.5) is 8.78 Å². The monoisotopic (exact) mass is 280 g/mol. The molecule has 0 aliphatic carbocycles. The van der Waals surface area contributed by atoms with E-state index in [2.05, 4.69) is 0 Å². The van der Waals surface area contributed by atoms with Crippen LogP contribution in [0.15, 0.2) is 21.9 Å². The van der Waals surface area contributed by atoms with E-state index in [0.29, 0.717) is 4.57 Å². The number of ether oxygens (including phenoxy) is 1. The Hall–Kier alpha value is -1.58. The number of halogens is 2. The van der Waals surface area contributed by atoms with Crippen molar-refractivity contribution in [2.75, 3.05) is 13.7 Å². The summed E-state index contributed by atoms with van der Waals surface area (Å²) in [5.41, 5.74) is -1.65. The molecule has 1 fully saturated rings. The van der Waals surface area contributed by atoms with E-state index in [-0.39, 0.29) is 0 Å². The topological polar surface area (TPSA) is 105 Å². The van der Waals surface area contributed by atoms with Crippen molar-refractivity contribution < 1.29 is 23.7 Å². The number of H-pyrrole nitrogens is 1. The number of aliphatic hydroxyl groups excluding tert-OH is 2. The Balaban J connectivity index is 0.000000861. The molecular formula is C10H14F2N2O5. The summed E-state index contributed by atoms with van der Waals surface area (Å²) >= 11 is 0. The fraction of sp³-hybridized carbons (Fsp3) is 0.600. The van der Waals surface area contributed by atoms with Gasteiger partial charge in [-0.3, -0.25) is 14.3 Å². The lowest BCUT2D eigenvalue weighted by Crippen LogP contribution is -2.37. The Morgan fingerprint density at radius 1 is 1.53 bits per heavy atom. The van der Waals surface area contributed by atoms with E-state index in [1.165, 1.54) is 0 Å². The summed E-state index contributed by atoms with van der Waals surface area (Å²) in [6.45, 7) is -0.551. The minimum absolute atomic E-state index is 0.551. The van der Waals surface area contributed by atoms with E-state index in [1.807, 2.05) is 4.98 Å². The van der Waals surface area contributed by atoms with Crippen molar-refractivity contribution in [3.8, 4) is 0 Å². The van der Waals surface area contributed by atoms with Crippen molar-refractivity contribution in [2.45, 2.75) is 24.7 Å². The lowest BCUT2D eigenvalue weighted by atomic mass is 10.2. The second-order valence-corrected chi connectivity index (χ2v) is 3.78. The quantitative estimate of drug-likeness (QED) is 0.648. The average molecular weight is 280 g/mol. The lowest BCUT2D eigenvalue weighted by Gasteiger charge is -2.19. The number of hydrogen-bond acceptors (Lipinski definition) is 5. The van der Waals surface area contributed by atoms with Gasteiger partial charge in [0.15, 0.2) is 0 Å². The highest BCUT2D eigenvalue weighted by atomic mass is 19.3. The van der Waals surface area contributed by atoms with Crippen LogP contribution in [0, 0.1) is 0 Å². The minimum atomic E-state index is -3.27. The summed E-state index contributed by atoms with van der Waals surface area (Å²) in [5.74, 6) is -3.27. The SMILES string of the molecule is CO.O=c1ccn(C2OC(CO)CC2(F)F)c(=O)[nH]1. The fourth-order valence-corrected chi connectivity index (χ4v) is 1.72. The molecule has 0 aromatic carbocycles. The van der Waals surface area contributed by atoms with Crippen LogP contribution in [-0.2, 0) is 4.74 Å². The number of nitrogens with one attached hydrogen (secondary N) is 1. The zero-order valence-corrected chi connectivity index (χ0v) is 10.0. The molecule has 1 aliphatic heterocycles. The van der Waals surface area contributed by atoms with Gasteiger partial charge in [0.05, 0.1) is 12.7 Å². The van der Waals surface area contributed by atoms with E-state index in [9.17, 15) is 18.4 Å². The van der Waals surface area contributed by atoms with Crippen molar-refractivity contribution in [3.63, 3.8) is 0 Å². The van der Waals surface area contributed by atoms with Crippen molar-refractivity contribution in [1.82, 2.24) is 9.55 Å². The zero-order valence-electron chi connectivity index (χ0n) is 10.0. The van der Waals surface area contributed by atoms with Crippen LogP contribution in [0.3, 0.4) is 0 Å². The number of aromatic amines is 1. The van der Waals surface area contributed by atoms with Gasteiger partial charge in [0, 0.05) is 25.8 Å². The number of aliphatic hydroxyl groups is 2. The summed E-state index contributed by atoms with van der Waals surface area (Å²) in [6.07, 6.45) is -2.54. The maximum absolute atomic E-state index is 13.5. The molecule has 3 N–H and O–H groups in total. The molecule has 2 unspecified atom stereocenters. The third kappa shape index (κ3) is 3.25. The third-order valence-corrected chi connectivity index (χ3v) is 2.49. The zero-order chi connectivity index (χ0) is 14.6. The molecule has 1 aromatic rings. The Labute approximate surface area is 106 Å². The molecular weight excluding hydrogens is 266 g/mol. The van der Waals surface area contributed by atoms with E-state index in [0.717, 1.165) is 19.4 Å². The van der Waals surface area contributed by atoms with Crippen LogP contribution in [0.25, 0.3) is 0 Å². The number of nitrogens with zero attached hydrogens (tertiary/aromatic N) is 1. The lowest BCUT2D eigenvalue weighted by molar-refractivity contribution is -0.120. The molecule has 19 heavy (non-hydrogen) atoms. The summed E-state index contributed by atoms with van der Waals surface area (Å²) in [4.78, 5) is 24.0. The van der Waals surface area contributed by atoms with Gasteiger partial charge in [-0.1, -0.05) is 0 Å². The molecule has 0 spiro atoms. The maximum atomic E-state index is 13.5. The number of aromatic nitrogens is 2. The number of rotatable bonds is 2. The highest BCUT2D eigenvalue weighted by molar-refractivity contribution is 4.92. The van der Waals surface area contributed by atoms with Gasteiger partial charge in [-0.25, -0.2) is 13.6 Å². The van der Waals surface area contributed by atoms with E-state index in [1.54, 1.807) is 0 Å². The van der Waals surface area contributed by atoms with Crippen LogP contribution in [-0.4, -0.2) is 45.5 Å². The maximum Gasteiger partial charge on any atom is 0.330 e. The van der Waals surface area contributed by atoms with E-state index in [4.69, 9.17) is 14.9 Å². The molecule has 1 saturated heterocycles.